The molecule has 3 N–H and O–H groups in total. The number of aromatic nitrogens is 3. The summed E-state index contributed by atoms with van der Waals surface area (Å²) in [5.74, 6) is 1.22. The summed E-state index contributed by atoms with van der Waals surface area (Å²) in [5.41, 5.74) is 8.03. The molecular weight excluding hydrogens is 272 g/mol. The topological polar surface area (TPSA) is 67.6 Å². The third kappa shape index (κ3) is 2.57. The molecule has 100 valence electrons. The van der Waals surface area contributed by atoms with Crippen molar-refractivity contribution in [2.75, 3.05) is 0 Å². The van der Waals surface area contributed by atoms with Gasteiger partial charge in [0.2, 0.25) is 0 Å². The molecule has 20 heavy (non-hydrogen) atoms. The lowest BCUT2D eigenvalue weighted by Crippen LogP contribution is -2.13. The van der Waals surface area contributed by atoms with Crippen molar-refractivity contribution in [3.63, 3.8) is 0 Å². The van der Waals surface area contributed by atoms with Crippen LogP contribution in [-0.4, -0.2) is 15.2 Å². The molecule has 2 aromatic carbocycles. The molecule has 0 unspecified atom stereocenters. The van der Waals surface area contributed by atoms with Crippen molar-refractivity contribution in [1.29, 1.82) is 0 Å². The monoisotopic (exact) mass is 284 g/mol. The molecule has 0 spiro atoms. The van der Waals surface area contributed by atoms with E-state index in [1.807, 2.05) is 54.6 Å². The Labute approximate surface area is 121 Å². The van der Waals surface area contributed by atoms with E-state index in [2.05, 4.69) is 15.2 Å². The summed E-state index contributed by atoms with van der Waals surface area (Å²) < 4.78 is 0. The molecule has 0 radical (unpaired) electrons. The molecule has 0 fully saturated rings. The Balaban J connectivity index is 1.91. The van der Waals surface area contributed by atoms with Crippen LogP contribution in [0.2, 0.25) is 5.02 Å². The van der Waals surface area contributed by atoms with Gasteiger partial charge in [0.05, 0.1) is 6.04 Å². The summed E-state index contributed by atoms with van der Waals surface area (Å²) in [6.07, 6.45) is 0. The standard InChI is InChI=1S/C15H13ClN4/c16-12-8-4-7-11(9-12)14-18-15(20-19-14)13(17)10-5-2-1-3-6-10/h1-9,13H,17H2,(H,18,19,20)/t13-/m1/s1. The minimum Gasteiger partial charge on any atom is -0.318 e. The zero-order chi connectivity index (χ0) is 13.9. The highest BCUT2D eigenvalue weighted by molar-refractivity contribution is 6.30. The van der Waals surface area contributed by atoms with Crippen LogP contribution in [0.5, 0.6) is 0 Å². The quantitative estimate of drug-likeness (QED) is 0.776. The van der Waals surface area contributed by atoms with Gasteiger partial charge < -0.3 is 5.73 Å². The lowest BCUT2D eigenvalue weighted by atomic mass is 10.1. The lowest BCUT2D eigenvalue weighted by Gasteiger charge is -2.07. The molecule has 0 aliphatic carbocycles. The number of aromatic amines is 1. The fraction of sp³-hybridized carbons (Fsp3) is 0.0667. The highest BCUT2D eigenvalue weighted by Crippen LogP contribution is 2.22. The average molecular weight is 285 g/mol. The number of nitrogens with two attached hydrogens (primary N) is 1. The Morgan fingerprint density at radius 1 is 1.05 bits per heavy atom. The van der Waals surface area contributed by atoms with E-state index in [1.165, 1.54) is 0 Å². The van der Waals surface area contributed by atoms with Gasteiger partial charge in [-0.25, -0.2) is 4.98 Å². The van der Waals surface area contributed by atoms with Crippen molar-refractivity contribution < 1.29 is 0 Å². The highest BCUT2D eigenvalue weighted by atomic mass is 35.5. The first kappa shape index (κ1) is 12.8. The van der Waals surface area contributed by atoms with Crippen molar-refractivity contribution >= 4 is 11.6 Å². The molecule has 3 aromatic rings. The van der Waals surface area contributed by atoms with Gasteiger partial charge in [-0.1, -0.05) is 54.1 Å². The van der Waals surface area contributed by atoms with Crippen LogP contribution in [-0.2, 0) is 0 Å². The normalized spacial score (nSPS) is 12.3. The van der Waals surface area contributed by atoms with Crippen LogP contribution in [0.25, 0.3) is 11.4 Å². The fourth-order valence-corrected chi connectivity index (χ4v) is 2.18. The molecule has 0 aliphatic rings. The first-order valence-corrected chi connectivity index (χ1v) is 6.60. The molecule has 0 bridgehead atoms. The number of benzene rings is 2. The number of nitrogens with zero attached hydrogens (tertiary/aromatic N) is 2. The molecule has 1 heterocycles. The highest BCUT2D eigenvalue weighted by Gasteiger charge is 2.14. The van der Waals surface area contributed by atoms with Crippen LogP contribution < -0.4 is 5.73 Å². The minimum atomic E-state index is -0.323. The van der Waals surface area contributed by atoms with Gasteiger partial charge in [0.1, 0.15) is 5.82 Å². The van der Waals surface area contributed by atoms with Crippen LogP contribution in [0.4, 0.5) is 0 Å². The van der Waals surface area contributed by atoms with Gasteiger partial charge in [0.25, 0.3) is 0 Å². The van der Waals surface area contributed by atoms with Gasteiger partial charge in [-0.3, -0.25) is 5.10 Å². The summed E-state index contributed by atoms with van der Waals surface area (Å²) in [6.45, 7) is 0. The predicted molar refractivity (Wildman–Crippen MR) is 79.3 cm³/mol. The second-order valence-electron chi connectivity index (χ2n) is 4.44. The fourth-order valence-electron chi connectivity index (χ4n) is 1.99. The van der Waals surface area contributed by atoms with Gasteiger partial charge in [0, 0.05) is 10.6 Å². The van der Waals surface area contributed by atoms with E-state index in [4.69, 9.17) is 17.3 Å². The molecule has 3 rings (SSSR count). The van der Waals surface area contributed by atoms with Gasteiger partial charge in [-0.2, -0.15) is 5.10 Å². The molecule has 1 atom stereocenters. The summed E-state index contributed by atoms with van der Waals surface area (Å²) >= 11 is 5.97. The molecule has 5 heteroatoms. The van der Waals surface area contributed by atoms with E-state index in [9.17, 15) is 0 Å². The van der Waals surface area contributed by atoms with Gasteiger partial charge in [0.15, 0.2) is 5.82 Å². The molecule has 0 saturated carbocycles. The third-order valence-electron chi connectivity index (χ3n) is 3.04. The van der Waals surface area contributed by atoms with Gasteiger partial charge in [-0.05, 0) is 17.7 Å². The number of H-pyrrole nitrogens is 1. The number of rotatable bonds is 3. The zero-order valence-electron chi connectivity index (χ0n) is 10.6. The zero-order valence-corrected chi connectivity index (χ0v) is 11.4. The van der Waals surface area contributed by atoms with Crippen molar-refractivity contribution in [3.05, 3.63) is 71.0 Å². The molecule has 1 aromatic heterocycles. The summed E-state index contributed by atoms with van der Waals surface area (Å²) in [6, 6.07) is 16.9. The first-order valence-electron chi connectivity index (χ1n) is 6.23. The van der Waals surface area contributed by atoms with E-state index in [0.717, 1.165) is 11.1 Å². The summed E-state index contributed by atoms with van der Waals surface area (Å²) in [7, 11) is 0. The third-order valence-corrected chi connectivity index (χ3v) is 3.27. The van der Waals surface area contributed by atoms with E-state index in [-0.39, 0.29) is 6.04 Å². The maximum Gasteiger partial charge on any atom is 0.181 e. The average Bonchev–Trinajstić information content (AvgIpc) is 2.97. The number of nitrogens with one attached hydrogen (secondary N) is 1. The molecule has 0 saturated heterocycles. The van der Waals surface area contributed by atoms with Crippen molar-refractivity contribution in [2.45, 2.75) is 6.04 Å². The van der Waals surface area contributed by atoms with Crippen LogP contribution >= 0.6 is 11.6 Å². The Morgan fingerprint density at radius 3 is 2.60 bits per heavy atom. The van der Waals surface area contributed by atoms with E-state index in [1.54, 1.807) is 0 Å². The summed E-state index contributed by atoms with van der Waals surface area (Å²) in [5, 5.41) is 7.75. The SMILES string of the molecule is N[C@H](c1ccccc1)c1nc(-c2cccc(Cl)c2)n[nH]1. The van der Waals surface area contributed by atoms with Crippen LogP contribution in [0, 0.1) is 0 Å². The number of hydrogen-bond acceptors (Lipinski definition) is 3. The van der Waals surface area contributed by atoms with E-state index in [0.29, 0.717) is 16.7 Å². The van der Waals surface area contributed by atoms with Crippen molar-refractivity contribution in [3.8, 4) is 11.4 Å². The minimum absolute atomic E-state index is 0.323. The molecular formula is C15H13ClN4. The largest absolute Gasteiger partial charge is 0.318 e. The van der Waals surface area contributed by atoms with Crippen molar-refractivity contribution in [1.82, 2.24) is 15.2 Å². The second kappa shape index (κ2) is 5.45. The molecule has 0 amide bonds. The van der Waals surface area contributed by atoms with Gasteiger partial charge >= 0.3 is 0 Å². The van der Waals surface area contributed by atoms with Crippen LogP contribution in [0.3, 0.4) is 0 Å². The maximum absolute atomic E-state index is 6.18. The van der Waals surface area contributed by atoms with E-state index < -0.39 is 0 Å². The van der Waals surface area contributed by atoms with Crippen LogP contribution in [0.15, 0.2) is 54.6 Å². The Bertz CT molecular complexity index is 709. The Hall–Kier alpha value is -2.17. The molecule has 4 nitrogen and oxygen atoms in total. The molecule has 0 aliphatic heterocycles. The summed E-state index contributed by atoms with van der Waals surface area (Å²) in [4.78, 5) is 4.45. The van der Waals surface area contributed by atoms with Crippen LogP contribution in [0.1, 0.15) is 17.4 Å². The van der Waals surface area contributed by atoms with Gasteiger partial charge in [-0.15, -0.1) is 0 Å². The maximum atomic E-state index is 6.18. The number of hydrogen-bond donors (Lipinski definition) is 2. The first-order chi connectivity index (χ1) is 9.74. The number of halogens is 1. The second-order valence-corrected chi connectivity index (χ2v) is 4.88. The smallest absolute Gasteiger partial charge is 0.181 e. The Morgan fingerprint density at radius 2 is 1.85 bits per heavy atom. The van der Waals surface area contributed by atoms with Crippen molar-refractivity contribution in [2.24, 2.45) is 5.73 Å². The predicted octanol–water partition coefficient (Wildman–Crippen LogP) is 3.17. The van der Waals surface area contributed by atoms with E-state index >= 15 is 0 Å². The Kier molecular flexibility index (Phi) is 3.50. The lowest BCUT2D eigenvalue weighted by molar-refractivity contribution is 0.787.